The van der Waals surface area contributed by atoms with Crippen molar-refractivity contribution in [1.82, 2.24) is 0 Å². The van der Waals surface area contributed by atoms with Gasteiger partial charge in [-0.1, -0.05) is 164 Å². The topological polar surface area (TPSA) is 134 Å². The van der Waals surface area contributed by atoms with Crippen LogP contribution >= 0.6 is 7.82 Å². The van der Waals surface area contributed by atoms with Gasteiger partial charge in [0.2, 0.25) is 0 Å². The number of carbonyl (C=O) groups is 2. The van der Waals surface area contributed by atoms with Crippen molar-refractivity contribution in [3.63, 3.8) is 0 Å². The molecule has 3 N–H and O–H groups in total. The zero-order valence-electron chi connectivity index (χ0n) is 36.0. The van der Waals surface area contributed by atoms with E-state index < -0.39 is 32.5 Å². The lowest BCUT2D eigenvalue weighted by Gasteiger charge is -2.19. The second kappa shape index (κ2) is 43.0. The van der Waals surface area contributed by atoms with Crippen molar-refractivity contribution in [2.45, 2.75) is 187 Å². The number of esters is 2. The molecule has 0 fully saturated rings. The zero-order valence-corrected chi connectivity index (χ0v) is 36.9. The van der Waals surface area contributed by atoms with Gasteiger partial charge in [0.05, 0.1) is 13.2 Å². The molecule has 328 valence electrons. The maximum atomic E-state index is 12.6. The molecule has 2 atom stereocenters. The van der Waals surface area contributed by atoms with Gasteiger partial charge in [0.15, 0.2) is 6.10 Å². The highest BCUT2D eigenvalue weighted by Crippen LogP contribution is 2.43. The van der Waals surface area contributed by atoms with Crippen LogP contribution in [0.3, 0.4) is 0 Å². The Kier molecular flexibility index (Phi) is 41.1. The Morgan fingerprint density at radius 1 is 0.544 bits per heavy atom. The van der Waals surface area contributed by atoms with Crippen LogP contribution in [0.4, 0.5) is 0 Å². The zero-order chi connectivity index (χ0) is 41.8. The third-order valence-corrected chi connectivity index (χ3v) is 10.1. The summed E-state index contributed by atoms with van der Waals surface area (Å²) in [5.41, 5.74) is 5.35. The first-order valence-electron chi connectivity index (χ1n) is 22.4. The number of nitrogens with two attached hydrogens (primary N) is 1. The molecule has 0 saturated heterocycles. The van der Waals surface area contributed by atoms with Crippen LogP contribution in [0.25, 0.3) is 0 Å². The van der Waals surface area contributed by atoms with Gasteiger partial charge in [0.1, 0.15) is 6.61 Å². The van der Waals surface area contributed by atoms with Crippen molar-refractivity contribution in [3.05, 3.63) is 72.9 Å². The van der Waals surface area contributed by atoms with E-state index in [1.807, 2.05) is 6.08 Å². The molecular weight excluding hydrogens is 737 g/mol. The molecule has 57 heavy (non-hydrogen) atoms. The molecule has 0 aliphatic carbocycles. The monoisotopic (exact) mass is 820 g/mol. The van der Waals surface area contributed by atoms with Crippen LogP contribution in [0.2, 0.25) is 0 Å². The third-order valence-electron chi connectivity index (χ3n) is 9.08. The molecular formula is C47H82NO8P. The van der Waals surface area contributed by atoms with Gasteiger partial charge in [-0.05, 0) is 77.0 Å². The molecule has 0 amide bonds. The minimum absolute atomic E-state index is 0.0425. The highest BCUT2D eigenvalue weighted by molar-refractivity contribution is 7.47. The molecule has 10 heteroatoms. The largest absolute Gasteiger partial charge is 0.472 e. The normalized spacial score (nSPS) is 14.0. The van der Waals surface area contributed by atoms with E-state index in [1.54, 1.807) is 0 Å². The van der Waals surface area contributed by atoms with Gasteiger partial charge in [0.25, 0.3) is 0 Å². The van der Waals surface area contributed by atoms with Gasteiger partial charge in [-0.25, -0.2) is 4.57 Å². The van der Waals surface area contributed by atoms with E-state index in [0.29, 0.717) is 12.8 Å². The second-order valence-electron chi connectivity index (χ2n) is 14.5. The summed E-state index contributed by atoms with van der Waals surface area (Å²) >= 11 is 0. The second-order valence-corrected chi connectivity index (χ2v) is 16.0. The molecule has 0 rings (SSSR count). The van der Waals surface area contributed by atoms with Crippen LogP contribution in [-0.2, 0) is 32.7 Å². The number of hydrogen-bond donors (Lipinski definition) is 2. The average Bonchev–Trinajstić information content (AvgIpc) is 3.20. The van der Waals surface area contributed by atoms with Gasteiger partial charge in [-0.15, -0.1) is 0 Å². The molecule has 0 heterocycles. The van der Waals surface area contributed by atoms with Crippen LogP contribution in [-0.4, -0.2) is 49.3 Å². The van der Waals surface area contributed by atoms with E-state index >= 15 is 0 Å². The van der Waals surface area contributed by atoms with Crippen molar-refractivity contribution < 1.29 is 37.6 Å². The first kappa shape index (κ1) is 54.5. The van der Waals surface area contributed by atoms with E-state index in [9.17, 15) is 19.0 Å². The minimum atomic E-state index is -4.39. The molecule has 0 saturated carbocycles. The molecule has 0 aromatic heterocycles. The van der Waals surface area contributed by atoms with Gasteiger partial charge in [0, 0.05) is 19.4 Å². The maximum Gasteiger partial charge on any atom is 0.472 e. The lowest BCUT2D eigenvalue weighted by Crippen LogP contribution is -2.29. The van der Waals surface area contributed by atoms with Crippen LogP contribution < -0.4 is 5.73 Å². The Labute approximate surface area is 348 Å². The molecule has 0 aliphatic heterocycles. The molecule has 0 aliphatic rings. The molecule has 0 bridgehead atoms. The summed E-state index contributed by atoms with van der Waals surface area (Å²) in [5, 5.41) is 0. The summed E-state index contributed by atoms with van der Waals surface area (Å²) in [7, 11) is -4.39. The SMILES string of the molecule is CCC=CCC=CCC=CCC=CCC=CCCCC(=O)OC[C@H](COP(=O)(O)OCCN)OC(=O)CCCCCCCCCCCC=CCCCCCCCC. The summed E-state index contributed by atoms with van der Waals surface area (Å²) in [6.07, 6.45) is 52.2. The predicted octanol–water partition coefficient (Wildman–Crippen LogP) is 13.1. The quantitative estimate of drug-likeness (QED) is 0.0267. The first-order chi connectivity index (χ1) is 27.8. The maximum absolute atomic E-state index is 12.6. The summed E-state index contributed by atoms with van der Waals surface area (Å²) in [5.74, 6) is -0.902. The number of phosphoric acid groups is 1. The summed E-state index contributed by atoms with van der Waals surface area (Å²) < 4.78 is 32.7. The molecule has 0 aromatic rings. The number of rotatable bonds is 41. The smallest absolute Gasteiger partial charge is 0.462 e. The van der Waals surface area contributed by atoms with Crippen molar-refractivity contribution in [2.75, 3.05) is 26.4 Å². The number of hydrogen-bond acceptors (Lipinski definition) is 8. The molecule has 0 aromatic carbocycles. The summed E-state index contributed by atoms with van der Waals surface area (Å²) in [6, 6.07) is 0. The van der Waals surface area contributed by atoms with E-state index in [0.717, 1.165) is 57.8 Å². The Morgan fingerprint density at radius 3 is 1.51 bits per heavy atom. The Morgan fingerprint density at radius 2 is 0.982 bits per heavy atom. The molecule has 0 radical (unpaired) electrons. The van der Waals surface area contributed by atoms with E-state index in [1.165, 1.54) is 83.5 Å². The summed E-state index contributed by atoms with van der Waals surface area (Å²) in [6.45, 7) is 3.54. The predicted molar refractivity (Wildman–Crippen MR) is 238 cm³/mol. The fourth-order valence-electron chi connectivity index (χ4n) is 5.78. The van der Waals surface area contributed by atoms with E-state index in [-0.39, 0.29) is 32.6 Å². The van der Waals surface area contributed by atoms with E-state index in [2.05, 4.69) is 80.7 Å². The first-order valence-corrected chi connectivity index (χ1v) is 23.9. The van der Waals surface area contributed by atoms with Crippen molar-refractivity contribution >= 4 is 19.8 Å². The summed E-state index contributed by atoms with van der Waals surface area (Å²) in [4.78, 5) is 34.9. The standard InChI is InChI=1S/C47H82NO8P/c1-3-5-7-9-11-13-15-17-19-21-22-24-26-28-30-32-34-36-38-40-47(50)56-45(44-55-57(51,52)54-42-41-48)43-53-46(49)39-37-35-33-31-29-27-25-23-20-18-16-14-12-10-8-6-4-2/h6,8,12,14,17-20,25,27,31,33,45H,3-5,7,9-11,13,15-16,21-24,26,28-30,32,34-44,48H2,1-2H3,(H,51,52)/t45-/m1/s1. The minimum Gasteiger partial charge on any atom is -0.462 e. The van der Waals surface area contributed by atoms with E-state index in [4.69, 9.17) is 24.3 Å². The number of phosphoric ester groups is 1. The lowest BCUT2D eigenvalue weighted by molar-refractivity contribution is -0.161. The highest BCUT2D eigenvalue weighted by atomic mass is 31.2. The Hall–Kier alpha value is -2.55. The number of ether oxygens (including phenoxy) is 2. The van der Waals surface area contributed by atoms with Gasteiger partial charge in [-0.2, -0.15) is 0 Å². The van der Waals surface area contributed by atoms with Crippen LogP contribution in [0, 0.1) is 0 Å². The van der Waals surface area contributed by atoms with Crippen molar-refractivity contribution in [3.8, 4) is 0 Å². The van der Waals surface area contributed by atoms with Gasteiger partial charge >= 0.3 is 19.8 Å². The molecule has 1 unspecified atom stereocenters. The Bertz CT molecular complexity index is 1160. The van der Waals surface area contributed by atoms with Crippen LogP contribution in [0.1, 0.15) is 181 Å². The number of carbonyl (C=O) groups excluding carboxylic acids is 2. The van der Waals surface area contributed by atoms with Crippen LogP contribution in [0.15, 0.2) is 72.9 Å². The fraction of sp³-hybridized carbons (Fsp3) is 0.702. The van der Waals surface area contributed by atoms with Gasteiger partial charge < -0.3 is 20.1 Å². The molecule has 9 nitrogen and oxygen atoms in total. The van der Waals surface area contributed by atoms with Crippen LogP contribution in [0.5, 0.6) is 0 Å². The third kappa shape index (κ3) is 42.9. The Balaban J connectivity index is 4.22. The lowest BCUT2D eigenvalue weighted by atomic mass is 10.1. The fourth-order valence-corrected chi connectivity index (χ4v) is 6.55. The highest BCUT2D eigenvalue weighted by Gasteiger charge is 2.26. The van der Waals surface area contributed by atoms with Crippen molar-refractivity contribution in [1.29, 1.82) is 0 Å². The molecule has 0 spiro atoms. The van der Waals surface area contributed by atoms with Gasteiger partial charge in [-0.3, -0.25) is 18.6 Å². The number of unbranched alkanes of at least 4 members (excludes halogenated alkanes) is 16. The average molecular weight is 820 g/mol. The van der Waals surface area contributed by atoms with Crippen molar-refractivity contribution in [2.24, 2.45) is 5.73 Å². The number of allylic oxidation sites excluding steroid dienone is 12.